The van der Waals surface area contributed by atoms with Crippen LogP contribution < -0.4 is 5.46 Å². The van der Waals surface area contributed by atoms with Gasteiger partial charge in [0.05, 0.1) is 0 Å². The molecule has 1 aromatic heterocycles. The zero-order valence-corrected chi connectivity index (χ0v) is 10.4. The molecule has 0 aliphatic heterocycles. The minimum atomic E-state index is 0.891. The minimum Gasteiger partial charge on any atom is -0.450 e. The van der Waals surface area contributed by atoms with Gasteiger partial charge >= 0.3 is 7.48 Å². The third-order valence-electron chi connectivity index (χ3n) is 2.88. The van der Waals surface area contributed by atoms with Crippen molar-refractivity contribution in [1.29, 1.82) is 0 Å². The first-order valence-corrected chi connectivity index (χ1v) is 6.70. The Hall–Kier alpha value is -0.795. The van der Waals surface area contributed by atoms with Crippen molar-refractivity contribution in [1.82, 2.24) is 0 Å². The molecule has 0 bridgehead atoms. The minimum absolute atomic E-state index is 0.891. The van der Waals surface area contributed by atoms with Crippen molar-refractivity contribution < 1.29 is 5.02 Å². The quantitative estimate of drug-likeness (QED) is 0.619. The van der Waals surface area contributed by atoms with Crippen LogP contribution in [0.25, 0.3) is 10.1 Å². The summed E-state index contributed by atoms with van der Waals surface area (Å²) in [5, 5.41) is 12.6. The number of hydrogen-bond donors (Lipinski definition) is 1. The van der Waals surface area contributed by atoms with Crippen molar-refractivity contribution >= 4 is 34.4 Å². The van der Waals surface area contributed by atoms with Crippen LogP contribution in [0.5, 0.6) is 0 Å². The van der Waals surface area contributed by atoms with Crippen LogP contribution in [0.3, 0.4) is 0 Å². The normalized spacial score (nSPS) is 10.9. The average Bonchev–Trinajstić information content (AvgIpc) is 2.72. The number of aryl methyl sites for hydroxylation is 1. The lowest BCUT2D eigenvalue weighted by atomic mass is 9.87. The van der Waals surface area contributed by atoms with Crippen LogP contribution in [0.4, 0.5) is 0 Å². The highest BCUT2D eigenvalue weighted by molar-refractivity contribution is 7.17. The van der Waals surface area contributed by atoms with E-state index in [0.29, 0.717) is 0 Å². The van der Waals surface area contributed by atoms with Gasteiger partial charge in [0.2, 0.25) is 0 Å². The lowest BCUT2D eigenvalue weighted by molar-refractivity contribution is 0.615. The highest BCUT2D eigenvalue weighted by atomic mass is 32.1. The van der Waals surface area contributed by atoms with E-state index in [0.717, 1.165) is 11.9 Å². The van der Waals surface area contributed by atoms with Crippen molar-refractivity contribution in [3.8, 4) is 0 Å². The summed E-state index contributed by atoms with van der Waals surface area (Å²) in [7, 11) is 1.17. The summed E-state index contributed by atoms with van der Waals surface area (Å²) >= 11 is 1.80. The third kappa shape index (κ3) is 2.47. The molecule has 1 N–H and O–H groups in total. The predicted octanol–water partition coefficient (Wildman–Crippen LogP) is 2.87. The second-order valence-electron chi connectivity index (χ2n) is 4.10. The molecule has 1 nitrogen and oxygen atoms in total. The van der Waals surface area contributed by atoms with Gasteiger partial charge in [-0.2, -0.15) is 0 Å². The van der Waals surface area contributed by atoms with Gasteiger partial charge in [0.1, 0.15) is 0 Å². The van der Waals surface area contributed by atoms with Gasteiger partial charge in [0.25, 0.3) is 0 Å². The molecule has 0 fully saturated rings. The molecule has 2 rings (SSSR count). The third-order valence-corrected chi connectivity index (χ3v) is 3.89. The standard InChI is InChI=1S/C13H16BOS/c1-2-3-4-5-10-9-16-13-7-6-11(14-15)8-12(10)13/h6-9,15H,2-5H2,1H3. The molecule has 0 aliphatic rings. The zero-order valence-electron chi connectivity index (χ0n) is 9.57. The van der Waals surface area contributed by atoms with E-state index in [-0.39, 0.29) is 0 Å². The summed E-state index contributed by atoms with van der Waals surface area (Å²) in [5.41, 5.74) is 2.32. The molecule has 0 saturated heterocycles. The fraction of sp³-hybridized carbons (Fsp3) is 0.385. The number of rotatable bonds is 5. The maximum Gasteiger partial charge on any atom is 0.326 e. The van der Waals surface area contributed by atoms with Crippen LogP contribution >= 0.6 is 11.3 Å². The molecule has 0 amide bonds. The molecule has 0 atom stereocenters. The summed E-state index contributed by atoms with van der Waals surface area (Å²) in [4.78, 5) is 0. The van der Waals surface area contributed by atoms with E-state index in [2.05, 4.69) is 24.4 Å². The summed E-state index contributed by atoms with van der Waals surface area (Å²) in [6.07, 6.45) is 4.97. The van der Waals surface area contributed by atoms with Crippen molar-refractivity contribution in [3.05, 3.63) is 29.1 Å². The molecule has 2 aromatic rings. The Labute approximate surface area is 101 Å². The maximum absolute atomic E-state index is 9.02. The van der Waals surface area contributed by atoms with Crippen LogP contribution in [0.2, 0.25) is 0 Å². The number of fused-ring (bicyclic) bond motifs is 1. The van der Waals surface area contributed by atoms with Gasteiger partial charge in [0, 0.05) is 4.70 Å². The molecule has 0 spiro atoms. The molecule has 0 aliphatic carbocycles. The largest absolute Gasteiger partial charge is 0.450 e. The van der Waals surface area contributed by atoms with E-state index in [4.69, 9.17) is 5.02 Å². The van der Waals surface area contributed by atoms with Crippen molar-refractivity contribution in [2.75, 3.05) is 0 Å². The second kappa shape index (κ2) is 5.51. The van der Waals surface area contributed by atoms with E-state index in [9.17, 15) is 0 Å². The molecule has 16 heavy (non-hydrogen) atoms. The van der Waals surface area contributed by atoms with Crippen LogP contribution in [-0.2, 0) is 6.42 Å². The summed E-state index contributed by atoms with van der Waals surface area (Å²) < 4.78 is 1.32. The summed E-state index contributed by atoms with van der Waals surface area (Å²) in [5.74, 6) is 0. The first-order valence-electron chi connectivity index (χ1n) is 5.82. The Bertz CT molecular complexity index is 464. The number of hydrogen-bond acceptors (Lipinski definition) is 2. The van der Waals surface area contributed by atoms with E-state index in [1.165, 1.54) is 42.4 Å². The highest BCUT2D eigenvalue weighted by Gasteiger charge is 2.05. The fourth-order valence-corrected chi connectivity index (χ4v) is 2.92. The Morgan fingerprint density at radius 1 is 1.31 bits per heavy atom. The van der Waals surface area contributed by atoms with Crippen LogP contribution in [0, 0.1) is 0 Å². The molecule has 3 heteroatoms. The van der Waals surface area contributed by atoms with Gasteiger partial charge in [0.15, 0.2) is 0 Å². The molecular weight excluding hydrogens is 215 g/mol. The van der Waals surface area contributed by atoms with Crippen LogP contribution in [-0.4, -0.2) is 12.5 Å². The van der Waals surface area contributed by atoms with Crippen molar-refractivity contribution in [2.24, 2.45) is 0 Å². The van der Waals surface area contributed by atoms with Crippen LogP contribution in [0.1, 0.15) is 31.7 Å². The fourth-order valence-electron chi connectivity index (χ4n) is 1.94. The van der Waals surface area contributed by atoms with E-state index in [1.54, 1.807) is 11.3 Å². The van der Waals surface area contributed by atoms with Gasteiger partial charge < -0.3 is 5.02 Å². The molecule has 83 valence electrons. The predicted molar refractivity (Wildman–Crippen MR) is 72.7 cm³/mol. The molecular formula is C13H16BOS. The number of benzene rings is 1. The smallest absolute Gasteiger partial charge is 0.326 e. The summed E-state index contributed by atoms with van der Waals surface area (Å²) in [6, 6.07) is 6.12. The summed E-state index contributed by atoms with van der Waals surface area (Å²) in [6.45, 7) is 2.23. The van der Waals surface area contributed by atoms with Crippen molar-refractivity contribution in [2.45, 2.75) is 32.6 Å². The maximum atomic E-state index is 9.02. The van der Waals surface area contributed by atoms with Gasteiger partial charge in [-0.3, -0.25) is 0 Å². The topological polar surface area (TPSA) is 20.2 Å². The molecule has 0 saturated carbocycles. The monoisotopic (exact) mass is 231 g/mol. The number of thiophene rings is 1. The molecule has 1 heterocycles. The Morgan fingerprint density at radius 3 is 2.94 bits per heavy atom. The Morgan fingerprint density at radius 2 is 2.19 bits per heavy atom. The van der Waals surface area contributed by atoms with Gasteiger partial charge in [-0.05, 0) is 35.2 Å². The van der Waals surface area contributed by atoms with E-state index in [1.807, 2.05) is 6.07 Å². The molecule has 0 unspecified atom stereocenters. The molecule has 1 aromatic carbocycles. The zero-order chi connectivity index (χ0) is 11.4. The lowest BCUT2D eigenvalue weighted by Crippen LogP contribution is -2.12. The average molecular weight is 231 g/mol. The SMILES string of the molecule is CCCCCc1csc2ccc([B]O)cc12. The first kappa shape index (κ1) is 11.7. The Balaban J connectivity index is 2.24. The molecule has 1 radical (unpaired) electrons. The van der Waals surface area contributed by atoms with E-state index < -0.39 is 0 Å². The highest BCUT2D eigenvalue weighted by Crippen LogP contribution is 2.26. The Kier molecular flexibility index (Phi) is 4.02. The lowest BCUT2D eigenvalue weighted by Gasteiger charge is -2.00. The number of unbranched alkanes of at least 4 members (excludes halogenated alkanes) is 2. The van der Waals surface area contributed by atoms with Gasteiger partial charge in [-0.25, -0.2) is 0 Å². The first-order chi connectivity index (χ1) is 7.85. The second-order valence-corrected chi connectivity index (χ2v) is 5.01. The van der Waals surface area contributed by atoms with Gasteiger partial charge in [-0.15, -0.1) is 11.3 Å². The van der Waals surface area contributed by atoms with Gasteiger partial charge in [-0.1, -0.05) is 37.4 Å². The van der Waals surface area contributed by atoms with Crippen molar-refractivity contribution in [3.63, 3.8) is 0 Å². The van der Waals surface area contributed by atoms with Crippen LogP contribution in [0.15, 0.2) is 23.6 Å². The van der Waals surface area contributed by atoms with E-state index >= 15 is 0 Å².